The number of likely N-dealkylation sites (tertiary alicyclic amines) is 1. The van der Waals surface area contributed by atoms with Crippen molar-refractivity contribution in [1.82, 2.24) is 9.30 Å². The van der Waals surface area contributed by atoms with Gasteiger partial charge in [0.05, 0.1) is 17.8 Å². The lowest BCUT2D eigenvalue weighted by Crippen LogP contribution is -2.46. The van der Waals surface area contributed by atoms with Gasteiger partial charge in [0.2, 0.25) is 5.78 Å². The molecule has 1 fully saturated rings. The van der Waals surface area contributed by atoms with Crippen LogP contribution in [0, 0.1) is 0 Å². The number of aromatic nitrogens is 1. The van der Waals surface area contributed by atoms with Gasteiger partial charge in [-0.25, -0.2) is 9.59 Å². The number of unbranched alkanes of at least 4 members (excludes halogenated alkanes) is 1. The number of benzene rings is 1. The molecule has 1 aliphatic rings. The average Bonchev–Trinajstić information content (AvgIpc) is 3.24. The molecule has 0 saturated carbocycles. The first-order valence-corrected chi connectivity index (χ1v) is 13.2. The number of pyridine rings is 1. The standard InChI is InChI=1S/C30H36N2O6/c1-5-6-8-21-17-23-18-22(28(34)35)14-16-32(23)26(21)27(33)20-10-12-24(13-11-20)37-25-9-7-15-31(19-25)29(36)38-30(2,3)4/h10-14,16-18,25H,5-9,15,19H2,1-4H3,(H,34,35)/t25-/m1/s1. The van der Waals surface area contributed by atoms with Gasteiger partial charge < -0.3 is 23.9 Å². The summed E-state index contributed by atoms with van der Waals surface area (Å²) in [6.07, 6.45) is 5.46. The normalized spacial score (nSPS) is 15.9. The van der Waals surface area contributed by atoms with Gasteiger partial charge >= 0.3 is 12.1 Å². The summed E-state index contributed by atoms with van der Waals surface area (Å²) in [5.74, 6) is -0.492. The van der Waals surface area contributed by atoms with E-state index in [1.54, 1.807) is 45.8 Å². The molecule has 0 radical (unpaired) electrons. The van der Waals surface area contributed by atoms with Gasteiger partial charge in [-0.05, 0) is 94.5 Å². The molecule has 1 amide bonds. The largest absolute Gasteiger partial charge is 0.489 e. The summed E-state index contributed by atoms with van der Waals surface area (Å²) < 4.78 is 13.4. The fourth-order valence-corrected chi connectivity index (χ4v) is 4.72. The Labute approximate surface area is 223 Å². The number of ketones is 1. The maximum atomic E-state index is 13.6. The second-order valence-electron chi connectivity index (χ2n) is 10.8. The van der Waals surface area contributed by atoms with E-state index >= 15 is 0 Å². The lowest BCUT2D eigenvalue weighted by atomic mass is 10.0. The minimum Gasteiger partial charge on any atom is -0.489 e. The van der Waals surface area contributed by atoms with Crippen LogP contribution in [0.4, 0.5) is 4.79 Å². The van der Waals surface area contributed by atoms with Crippen molar-refractivity contribution >= 4 is 23.4 Å². The van der Waals surface area contributed by atoms with Crippen LogP contribution in [0.1, 0.15) is 85.4 Å². The van der Waals surface area contributed by atoms with Crippen LogP contribution in [0.2, 0.25) is 0 Å². The Kier molecular flexibility index (Phi) is 8.09. The van der Waals surface area contributed by atoms with Crippen molar-refractivity contribution in [2.24, 2.45) is 0 Å². The fraction of sp³-hybridized carbons (Fsp3) is 0.433. The summed E-state index contributed by atoms with van der Waals surface area (Å²) in [5.41, 5.74) is 2.31. The highest BCUT2D eigenvalue weighted by Gasteiger charge is 2.28. The zero-order chi connectivity index (χ0) is 27.4. The van der Waals surface area contributed by atoms with Gasteiger partial charge in [-0.2, -0.15) is 0 Å². The van der Waals surface area contributed by atoms with Crippen LogP contribution >= 0.6 is 0 Å². The molecule has 1 aromatic carbocycles. The van der Waals surface area contributed by atoms with Gasteiger partial charge in [-0.1, -0.05) is 13.3 Å². The summed E-state index contributed by atoms with van der Waals surface area (Å²) in [6.45, 7) is 8.73. The molecule has 3 heterocycles. The maximum Gasteiger partial charge on any atom is 0.410 e. The number of carbonyl (C=O) groups is 3. The number of hydrogen-bond donors (Lipinski definition) is 1. The number of amides is 1. The number of nitrogens with zero attached hydrogens (tertiary/aromatic N) is 2. The first-order valence-electron chi connectivity index (χ1n) is 13.2. The summed E-state index contributed by atoms with van der Waals surface area (Å²) in [7, 11) is 0. The van der Waals surface area contributed by atoms with E-state index < -0.39 is 11.6 Å². The third-order valence-electron chi connectivity index (χ3n) is 6.56. The Morgan fingerprint density at radius 1 is 1.05 bits per heavy atom. The van der Waals surface area contributed by atoms with Crippen molar-refractivity contribution in [2.75, 3.05) is 13.1 Å². The van der Waals surface area contributed by atoms with Gasteiger partial charge in [0, 0.05) is 23.8 Å². The van der Waals surface area contributed by atoms with Crippen molar-refractivity contribution in [2.45, 2.75) is 71.5 Å². The summed E-state index contributed by atoms with van der Waals surface area (Å²) in [5, 5.41) is 9.37. The predicted octanol–water partition coefficient (Wildman–Crippen LogP) is 5.99. The Morgan fingerprint density at radius 3 is 2.45 bits per heavy atom. The van der Waals surface area contributed by atoms with Crippen LogP contribution < -0.4 is 4.74 Å². The van der Waals surface area contributed by atoms with E-state index in [1.165, 1.54) is 6.07 Å². The molecule has 8 heteroatoms. The summed E-state index contributed by atoms with van der Waals surface area (Å²) >= 11 is 0. The van der Waals surface area contributed by atoms with Crippen LogP contribution in [0.25, 0.3) is 5.52 Å². The quantitative estimate of drug-likeness (QED) is 0.367. The molecule has 1 aliphatic heterocycles. The molecule has 0 aliphatic carbocycles. The monoisotopic (exact) mass is 520 g/mol. The third kappa shape index (κ3) is 6.36. The van der Waals surface area contributed by atoms with Gasteiger partial charge in [0.1, 0.15) is 17.5 Å². The van der Waals surface area contributed by atoms with Crippen molar-refractivity contribution in [1.29, 1.82) is 0 Å². The summed E-state index contributed by atoms with van der Waals surface area (Å²) in [4.78, 5) is 39.2. The van der Waals surface area contributed by atoms with E-state index in [4.69, 9.17) is 9.47 Å². The molecular weight excluding hydrogens is 484 g/mol. The van der Waals surface area contributed by atoms with Gasteiger partial charge in [0.25, 0.3) is 0 Å². The SMILES string of the molecule is CCCCc1cc2cc(C(=O)O)ccn2c1C(=O)c1ccc(O[C@@H]2CCCN(C(=O)OC(C)(C)C)C2)cc1. The number of piperidine rings is 1. The third-order valence-corrected chi connectivity index (χ3v) is 6.56. The number of carboxylic acids is 1. The average molecular weight is 521 g/mol. The molecule has 1 saturated heterocycles. The smallest absolute Gasteiger partial charge is 0.410 e. The van der Waals surface area contributed by atoms with Crippen molar-refractivity contribution in [3.05, 3.63) is 71.0 Å². The van der Waals surface area contributed by atoms with E-state index in [0.717, 1.165) is 37.7 Å². The molecule has 0 unspecified atom stereocenters. The van der Waals surface area contributed by atoms with Crippen LogP contribution in [-0.4, -0.2) is 57.0 Å². The Balaban J connectivity index is 1.50. The van der Waals surface area contributed by atoms with Crippen LogP contribution in [-0.2, 0) is 11.2 Å². The molecule has 202 valence electrons. The number of carbonyl (C=O) groups excluding carboxylic acids is 2. The molecule has 3 aromatic rings. The molecule has 0 spiro atoms. The fourth-order valence-electron chi connectivity index (χ4n) is 4.72. The zero-order valence-electron chi connectivity index (χ0n) is 22.5. The van der Waals surface area contributed by atoms with E-state index in [9.17, 15) is 19.5 Å². The minimum atomic E-state index is -1.00. The topological polar surface area (TPSA) is 97.5 Å². The number of carboxylic acid groups (broad SMARTS) is 1. The maximum absolute atomic E-state index is 13.6. The molecule has 8 nitrogen and oxygen atoms in total. The highest BCUT2D eigenvalue weighted by atomic mass is 16.6. The molecule has 4 rings (SSSR count). The van der Waals surface area contributed by atoms with E-state index in [1.807, 2.05) is 26.8 Å². The first kappa shape index (κ1) is 27.2. The van der Waals surface area contributed by atoms with Crippen molar-refractivity contribution in [3.63, 3.8) is 0 Å². The second kappa shape index (κ2) is 11.3. The Morgan fingerprint density at radius 2 is 1.79 bits per heavy atom. The van der Waals surface area contributed by atoms with E-state index in [-0.39, 0.29) is 23.5 Å². The number of fused-ring (bicyclic) bond motifs is 1. The van der Waals surface area contributed by atoms with Crippen LogP contribution in [0.15, 0.2) is 48.7 Å². The minimum absolute atomic E-state index is 0.125. The molecule has 38 heavy (non-hydrogen) atoms. The number of aromatic carboxylic acids is 1. The molecule has 0 bridgehead atoms. The van der Waals surface area contributed by atoms with Crippen LogP contribution in [0.3, 0.4) is 0 Å². The molecule has 1 N–H and O–H groups in total. The lowest BCUT2D eigenvalue weighted by molar-refractivity contribution is 0.00774. The van der Waals surface area contributed by atoms with Gasteiger partial charge in [-0.15, -0.1) is 0 Å². The second-order valence-corrected chi connectivity index (χ2v) is 10.8. The predicted molar refractivity (Wildman–Crippen MR) is 144 cm³/mol. The van der Waals surface area contributed by atoms with E-state index in [0.29, 0.717) is 35.6 Å². The Bertz CT molecular complexity index is 1320. The zero-order valence-corrected chi connectivity index (χ0v) is 22.5. The number of rotatable bonds is 8. The van der Waals surface area contributed by atoms with Gasteiger partial charge in [0.15, 0.2) is 0 Å². The van der Waals surface area contributed by atoms with E-state index in [2.05, 4.69) is 6.92 Å². The first-order chi connectivity index (χ1) is 18.1. The lowest BCUT2D eigenvalue weighted by Gasteiger charge is -2.34. The van der Waals surface area contributed by atoms with Crippen molar-refractivity contribution in [3.8, 4) is 5.75 Å². The van der Waals surface area contributed by atoms with Gasteiger partial charge in [-0.3, -0.25) is 4.79 Å². The Hall–Kier alpha value is -3.81. The highest BCUT2D eigenvalue weighted by Crippen LogP contribution is 2.25. The van der Waals surface area contributed by atoms with Crippen LogP contribution in [0.5, 0.6) is 5.75 Å². The molecule has 2 aromatic heterocycles. The summed E-state index contributed by atoms with van der Waals surface area (Å²) in [6, 6.07) is 12.1. The van der Waals surface area contributed by atoms with Crippen molar-refractivity contribution < 1.29 is 29.0 Å². The molecular formula is C30H36N2O6. The molecule has 1 atom stereocenters. The number of hydrogen-bond acceptors (Lipinski definition) is 5. The number of aryl methyl sites for hydroxylation is 1. The number of ether oxygens (including phenoxy) is 2. The highest BCUT2D eigenvalue weighted by molar-refractivity contribution is 6.09.